The highest BCUT2D eigenvalue weighted by atomic mass is 35.5. The minimum Gasteiger partial charge on any atom is -0.468 e. The molecular weight excluding hydrogens is 250 g/mol. The SMILES string of the molecule is CCN(Cc1ccco1)Cc1c(C)nn(C)c1Cl. The maximum atomic E-state index is 6.25. The van der Waals surface area contributed by atoms with Crippen LogP contribution >= 0.6 is 11.6 Å². The molecule has 0 saturated heterocycles. The highest BCUT2D eigenvalue weighted by Crippen LogP contribution is 2.21. The van der Waals surface area contributed by atoms with Crippen LogP contribution in [0, 0.1) is 6.92 Å². The molecule has 2 aromatic rings. The van der Waals surface area contributed by atoms with E-state index < -0.39 is 0 Å². The highest BCUT2D eigenvalue weighted by Gasteiger charge is 2.15. The summed E-state index contributed by atoms with van der Waals surface area (Å²) in [5.74, 6) is 0.967. The normalized spacial score (nSPS) is 11.4. The van der Waals surface area contributed by atoms with Crippen molar-refractivity contribution in [1.82, 2.24) is 14.7 Å². The Kier molecular flexibility index (Phi) is 4.09. The minimum absolute atomic E-state index is 0.713. The first kappa shape index (κ1) is 13.2. The Balaban J connectivity index is 2.10. The van der Waals surface area contributed by atoms with E-state index >= 15 is 0 Å². The quantitative estimate of drug-likeness (QED) is 0.835. The van der Waals surface area contributed by atoms with Crippen molar-refractivity contribution >= 4 is 11.6 Å². The van der Waals surface area contributed by atoms with Crippen LogP contribution < -0.4 is 0 Å². The van der Waals surface area contributed by atoms with Crippen LogP contribution in [0.4, 0.5) is 0 Å². The molecule has 0 unspecified atom stereocenters. The molecule has 0 radical (unpaired) electrons. The van der Waals surface area contributed by atoms with Gasteiger partial charge in [-0.05, 0) is 25.6 Å². The van der Waals surface area contributed by atoms with Gasteiger partial charge in [0.2, 0.25) is 0 Å². The molecule has 0 aliphatic carbocycles. The third kappa shape index (κ3) is 2.76. The number of aryl methyl sites for hydroxylation is 2. The molecule has 98 valence electrons. The Labute approximate surface area is 112 Å². The summed E-state index contributed by atoms with van der Waals surface area (Å²) in [5, 5.41) is 5.04. The number of furan rings is 1. The van der Waals surface area contributed by atoms with Crippen molar-refractivity contribution in [3.8, 4) is 0 Å². The van der Waals surface area contributed by atoms with Gasteiger partial charge in [-0.25, -0.2) is 0 Å². The number of hydrogen-bond acceptors (Lipinski definition) is 3. The summed E-state index contributed by atoms with van der Waals surface area (Å²) < 4.78 is 7.09. The number of aromatic nitrogens is 2. The summed E-state index contributed by atoms with van der Waals surface area (Å²) in [7, 11) is 1.86. The molecule has 2 heterocycles. The van der Waals surface area contributed by atoms with Gasteiger partial charge in [-0.3, -0.25) is 9.58 Å². The van der Waals surface area contributed by atoms with E-state index in [0.29, 0.717) is 5.15 Å². The van der Waals surface area contributed by atoms with E-state index in [9.17, 15) is 0 Å². The zero-order valence-corrected chi connectivity index (χ0v) is 11.7. The average Bonchev–Trinajstić information content (AvgIpc) is 2.92. The summed E-state index contributed by atoms with van der Waals surface area (Å²) in [6, 6.07) is 3.89. The fourth-order valence-electron chi connectivity index (χ4n) is 1.98. The molecule has 0 aromatic carbocycles. The number of hydrogen-bond donors (Lipinski definition) is 0. The maximum absolute atomic E-state index is 6.25. The van der Waals surface area contributed by atoms with E-state index in [1.165, 1.54) is 0 Å². The molecule has 0 saturated carbocycles. The largest absolute Gasteiger partial charge is 0.468 e. The smallest absolute Gasteiger partial charge is 0.131 e. The van der Waals surface area contributed by atoms with E-state index in [1.54, 1.807) is 10.9 Å². The Bertz CT molecular complexity index is 505. The van der Waals surface area contributed by atoms with Gasteiger partial charge in [0.1, 0.15) is 10.9 Å². The first-order valence-corrected chi connectivity index (χ1v) is 6.42. The highest BCUT2D eigenvalue weighted by molar-refractivity contribution is 6.30. The third-order valence-electron chi connectivity index (χ3n) is 3.06. The zero-order valence-electron chi connectivity index (χ0n) is 11.0. The van der Waals surface area contributed by atoms with Crippen molar-refractivity contribution in [3.63, 3.8) is 0 Å². The molecule has 0 amide bonds. The van der Waals surface area contributed by atoms with Crippen LogP contribution in [-0.4, -0.2) is 21.2 Å². The van der Waals surface area contributed by atoms with E-state index in [1.807, 2.05) is 26.1 Å². The van der Waals surface area contributed by atoms with Crippen molar-refractivity contribution in [2.24, 2.45) is 7.05 Å². The Morgan fingerprint density at radius 1 is 1.44 bits per heavy atom. The van der Waals surface area contributed by atoms with Gasteiger partial charge in [0.15, 0.2) is 0 Å². The van der Waals surface area contributed by atoms with E-state index in [-0.39, 0.29) is 0 Å². The van der Waals surface area contributed by atoms with Crippen LogP contribution in [-0.2, 0) is 20.1 Å². The lowest BCUT2D eigenvalue weighted by Gasteiger charge is -2.18. The van der Waals surface area contributed by atoms with Crippen LogP contribution in [0.1, 0.15) is 23.9 Å². The molecule has 0 aliphatic heterocycles. The van der Waals surface area contributed by atoms with Gasteiger partial charge in [0, 0.05) is 19.2 Å². The number of nitrogens with zero attached hydrogens (tertiary/aromatic N) is 3. The molecule has 0 spiro atoms. The lowest BCUT2D eigenvalue weighted by molar-refractivity contribution is 0.247. The number of halogens is 1. The first-order valence-electron chi connectivity index (χ1n) is 6.04. The molecule has 0 N–H and O–H groups in total. The summed E-state index contributed by atoms with van der Waals surface area (Å²) in [5.41, 5.74) is 2.08. The maximum Gasteiger partial charge on any atom is 0.131 e. The first-order chi connectivity index (χ1) is 8.61. The molecule has 0 bridgehead atoms. The second-order valence-electron chi connectivity index (χ2n) is 4.36. The summed E-state index contributed by atoms with van der Waals surface area (Å²) >= 11 is 6.25. The van der Waals surface area contributed by atoms with Crippen molar-refractivity contribution in [2.75, 3.05) is 6.54 Å². The van der Waals surface area contributed by atoms with E-state index in [2.05, 4.69) is 16.9 Å². The minimum atomic E-state index is 0.713. The Morgan fingerprint density at radius 3 is 2.72 bits per heavy atom. The molecule has 0 atom stereocenters. The topological polar surface area (TPSA) is 34.2 Å². The van der Waals surface area contributed by atoms with Crippen molar-refractivity contribution in [2.45, 2.75) is 26.9 Å². The summed E-state index contributed by atoms with van der Waals surface area (Å²) in [6.45, 7) is 6.62. The Hall–Kier alpha value is -1.26. The van der Waals surface area contributed by atoms with Gasteiger partial charge in [0.05, 0.1) is 18.5 Å². The lowest BCUT2D eigenvalue weighted by atomic mass is 10.2. The van der Waals surface area contributed by atoms with Crippen LogP contribution in [0.3, 0.4) is 0 Å². The summed E-state index contributed by atoms with van der Waals surface area (Å²) in [6.07, 6.45) is 1.70. The lowest BCUT2D eigenvalue weighted by Crippen LogP contribution is -2.22. The second kappa shape index (κ2) is 5.59. The van der Waals surface area contributed by atoms with Crippen molar-refractivity contribution in [1.29, 1.82) is 0 Å². The molecule has 2 rings (SSSR count). The van der Waals surface area contributed by atoms with E-state index in [0.717, 1.165) is 36.7 Å². The van der Waals surface area contributed by atoms with Crippen molar-refractivity contribution in [3.05, 3.63) is 40.6 Å². The standard InChI is InChI=1S/C13H18ClN3O/c1-4-17(8-11-6-5-7-18-11)9-12-10(2)15-16(3)13(12)14/h5-7H,4,8-9H2,1-3H3. The number of rotatable bonds is 5. The predicted molar refractivity (Wildman–Crippen MR) is 71.5 cm³/mol. The van der Waals surface area contributed by atoms with Crippen LogP contribution in [0.2, 0.25) is 5.15 Å². The van der Waals surface area contributed by atoms with Gasteiger partial charge in [-0.2, -0.15) is 5.10 Å². The monoisotopic (exact) mass is 267 g/mol. The van der Waals surface area contributed by atoms with E-state index in [4.69, 9.17) is 16.0 Å². The molecule has 0 aliphatic rings. The summed E-state index contributed by atoms with van der Waals surface area (Å²) in [4.78, 5) is 2.27. The molecule has 2 aromatic heterocycles. The molecule has 0 fully saturated rings. The molecule has 5 heteroatoms. The predicted octanol–water partition coefficient (Wildman–Crippen LogP) is 3.00. The van der Waals surface area contributed by atoms with Gasteiger partial charge in [-0.15, -0.1) is 0 Å². The Morgan fingerprint density at radius 2 is 2.22 bits per heavy atom. The van der Waals surface area contributed by atoms with Crippen molar-refractivity contribution < 1.29 is 4.42 Å². The zero-order chi connectivity index (χ0) is 13.1. The second-order valence-corrected chi connectivity index (χ2v) is 4.72. The third-order valence-corrected chi connectivity index (χ3v) is 3.53. The van der Waals surface area contributed by atoms with Crippen LogP contribution in [0.15, 0.2) is 22.8 Å². The van der Waals surface area contributed by atoms with Gasteiger partial charge < -0.3 is 4.42 Å². The van der Waals surface area contributed by atoms with Gasteiger partial charge in [-0.1, -0.05) is 18.5 Å². The fraction of sp³-hybridized carbons (Fsp3) is 0.462. The van der Waals surface area contributed by atoms with Crippen LogP contribution in [0.25, 0.3) is 0 Å². The van der Waals surface area contributed by atoms with Gasteiger partial charge in [0.25, 0.3) is 0 Å². The average molecular weight is 268 g/mol. The molecular formula is C13H18ClN3O. The van der Waals surface area contributed by atoms with Gasteiger partial charge >= 0.3 is 0 Å². The molecule has 18 heavy (non-hydrogen) atoms. The van der Waals surface area contributed by atoms with Crippen LogP contribution in [0.5, 0.6) is 0 Å². The fourth-order valence-corrected chi connectivity index (χ4v) is 2.21. The molecule has 4 nitrogen and oxygen atoms in total.